The van der Waals surface area contributed by atoms with Crippen LogP contribution >= 0.6 is 0 Å². The van der Waals surface area contributed by atoms with Crippen LogP contribution in [0.15, 0.2) is 29.9 Å². The van der Waals surface area contributed by atoms with Gasteiger partial charge in [0.1, 0.15) is 0 Å². The fourth-order valence-corrected chi connectivity index (χ4v) is 2.59. The van der Waals surface area contributed by atoms with Gasteiger partial charge >= 0.3 is 0 Å². The molecule has 0 aliphatic heterocycles. The van der Waals surface area contributed by atoms with Gasteiger partial charge in [0.05, 0.1) is 12.0 Å². The first kappa shape index (κ1) is 17.1. The maximum absolute atomic E-state index is 4.56. The highest BCUT2D eigenvalue weighted by Crippen LogP contribution is 2.18. The summed E-state index contributed by atoms with van der Waals surface area (Å²) in [5, 5.41) is 7.95. The molecule has 2 aromatic rings. The van der Waals surface area contributed by atoms with Crippen LogP contribution < -0.4 is 5.32 Å². The van der Waals surface area contributed by atoms with Crippen molar-refractivity contribution in [1.82, 2.24) is 29.5 Å². The quantitative estimate of drug-likeness (QED) is 0.647. The molecule has 126 valence electrons. The molecule has 7 heteroatoms. The van der Waals surface area contributed by atoms with Crippen LogP contribution in [-0.2, 0) is 20.1 Å². The Kier molecular flexibility index (Phi) is 5.78. The Labute approximate surface area is 138 Å². The third-order valence-corrected chi connectivity index (χ3v) is 3.68. The summed E-state index contributed by atoms with van der Waals surface area (Å²) in [5.74, 6) is 1.29. The highest BCUT2D eigenvalue weighted by molar-refractivity contribution is 5.79. The molecule has 0 spiro atoms. The van der Waals surface area contributed by atoms with Gasteiger partial charge in [0.15, 0.2) is 5.96 Å². The minimum Gasteiger partial charge on any atom is -0.354 e. The van der Waals surface area contributed by atoms with Crippen LogP contribution in [0.1, 0.15) is 31.0 Å². The number of hydrogen-bond acceptors (Lipinski definition) is 3. The van der Waals surface area contributed by atoms with Crippen molar-refractivity contribution in [2.75, 3.05) is 20.6 Å². The van der Waals surface area contributed by atoms with Crippen molar-refractivity contribution >= 4 is 5.96 Å². The number of hydrogen-bond donors (Lipinski definition) is 1. The molecule has 0 saturated heterocycles. The van der Waals surface area contributed by atoms with Crippen LogP contribution in [-0.4, -0.2) is 50.8 Å². The minimum atomic E-state index is 0.413. The van der Waals surface area contributed by atoms with Gasteiger partial charge in [-0.3, -0.25) is 9.67 Å². The first-order valence-electron chi connectivity index (χ1n) is 7.91. The third-order valence-electron chi connectivity index (χ3n) is 3.68. The minimum absolute atomic E-state index is 0.413. The number of aromatic nitrogens is 4. The smallest absolute Gasteiger partial charge is 0.193 e. The highest BCUT2D eigenvalue weighted by Gasteiger charge is 2.14. The first-order valence-corrected chi connectivity index (χ1v) is 7.91. The Balaban J connectivity index is 1.93. The van der Waals surface area contributed by atoms with Crippen LogP contribution in [0.4, 0.5) is 0 Å². The summed E-state index contributed by atoms with van der Waals surface area (Å²) in [6.07, 6.45) is 7.65. The lowest BCUT2D eigenvalue weighted by Crippen LogP contribution is -2.39. The molecule has 1 N–H and O–H groups in total. The maximum Gasteiger partial charge on any atom is 0.193 e. The van der Waals surface area contributed by atoms with E-state index in [9.17, 15) is 0 Å². The molecule has 0 radical (unpaired) electrons. The topological polar surface area (TPSA) is 63.3 Å². The second-order valence-corrected chi connectivity index (χ2v) is 6.00. The van der Waals surface area contributed by atoms with E-state index in [4.69, 9.17) is 0 Å². The van der Waals surface area contributed by atoms with Crippen molar-refractivity contribution in [1.29, 1.82) is 0 Å². The summed E-state index contributed by atoms with van der Waals surface area (Å²) in [6, 6.07) is 0. The van der Waals surface area contributed by atoms with Crippen LogP contribution in [0.3, 0.4) is 0 Å². The molecule has 0 aliphatic carbocycles. The zero-order valence-electron chi connectivity index (χ0n) is 14.7. The summed E-state index contributed by atoms with van der Waals surface area (Å²) < 4.78 is 3.92. The lowest BCUT2D eigenvalue weighted by Gasteiger charge is -2.22. The zero-order valence-corrected chi connectivity index (χ0v) is 14.7. The number of guanidine groups is 1. The second-order valence-electron chi connectivity index (χ2n) is 6.00. The molecular weight excluding hydrogens is 290 g/mol. The van der Waals surface area contributed by atoms with Crippen LogP contribution in [0, 0.1) is 0 Å². The Bertz CT molecular complexity index is 625. The Morgan fingerprint density at radius 3 is 2.83 bits per heavy atom. The molecule has 0 fully saturated rings. The Morgan fingerprint density at radius 1 is 1.43 bits per heavy atom. The lowest BCUT2D eigenvalue weighted by molar-refractivity contribution is 0.470. The Hall–Kier alpha value is -2.31. The van der Waals surface area contributed by atoms with Gasteiger partial charge in [0, 0.05) is 64.9 Å². The first-order chi connectivity index (χ1) is 11.0. The standard InChI is InChI=1S/C16H27N7/c1-13(2)15-14(11-22(5)20-15)10-21(4)16(17-3)19-7-9-23-8-6-18-12-23/h6,8,11-13H,7,9-10H2,1-5H3,(H,17,19). The number of aliphatic imine (C=N–C) groups is 1. The molecule has 23 heavy (non-hydrogen) atoms. The van der Waals surface area contributed by atoms with E-state index in [1.165, 1.54) is 5.56 Å². The second kappa shape index (κ2) is 7.80. The van der Waals surface area contributed by atoms with Gasteiger partial charge in [-0.05, 0) is 5.92 Å². The van der Waals surface area contributed by atoms with Crippen LogP contribution in [0.5, 0.6) is 0 Å². The molecule has 0 bridgehead atoms. The van der Waals surface area contributed by atoms with Gasteiger partial charge in [-0.1, -0.05) is 13.8 Å². The van der Waals surface area contributed by atoms with E-state index < -0.39 is 0 Å². The fraction of sp³-hybridized carbons (Fsp3) is 0.562. The molecule has 2 heterocycles. The molecule has 0 amide bonds. The van der Waals surface area contributed by atoms with Crippen molar-refractivity contribution in [3.8, 4) is 0 Å². The predicted molar refractivity (Wildman–Crippen MR) is 92.4 cm³/mol. The molecule has 7 nitrogen and oxygen atoms in total. The lowest BCUT2D eigenvalue weighted by atomic mass is 10.1. The number of nitrogens with one attached hydrogen (secondary N) is 1. The van der Waals surface area contributed by atoms with Crippen molar-refractivity contribution in [3.05, 3.63) is 36.2 Å². The van der Waals surface area contributed by atoms with Gasteiger partial charge in [0.25, 0.3) is 0 Å². The summed E-state index contributed by atoms with van der Waals surface area (Å²) >= 11 is 0. The van der Waals surface area contributed by atoms with Gasteiger partial charge in [-0.2, -0.15) is 5.10 Å². The average molecular weight is 317 g/mol. The number of aryl methyl sites for hydroxylation is 1. The van der Waals surface area contributed by atoms with E-state index in [1.807, 2.05) is 42.9 Å². The monoisotopic (exact) mass is 317 g/mol. The SMILES string of the molecule is CN=C(NCCn1ccnc1)N(C)Cc1cn(C)nc1C(C)C. The average Bonchev–Trinajstić information content (AvgIpc) is 3.13. The summed E-state index contributed by atoms with van der Waals surface area (Å²) in [6.45, 7) is 6.79. The van der Waals surface area contributed by atoms with E-state index >= 15 is 0 Å². The highest BCUT2D eigenvalue weighted by atomic mass is 15.3. The maximum atomic E-state index is 4.56. The third kappa shape index (κ3) is 4.58. The van der Waals surface area contributed by atoms with Crippen LogP contribution in [0.2, 0.25) is 0 Å². The van der Waals surface area contributed by atoms with E-state index in [1.54, 1.807) is 6.20 Å². The largest absolute Gasteiger partial charge is 0.354 e. The van der Waals surface area contributed by atoms with Gasteiger partial charge in [-0.15, -0.1) is 0 Å². The fourth-order valence-electron chi connectivity index (χ4n) is 2.59. The van der Waals surface area contributed by atoms with Crippen LogP contribution in [0.25, 0.3) is 0 Å². The van der Waals surface area contributed by atoms with E-state index in [2.05, 4.69) is 45.3 Å². The summed E-state index contributed by atoms with van der Waals surface area (Å²) in [7, 11) is 5.82. The molecule has 2 rings (SSSR count). The van der Waals surface area contributed by atoms with Crippen molar-refractivity contribution in [2.24, 2.45) is 12.0 Å². The number of rotatable bonds is 6. The normalized spacial score (nSPS) is 12.0. The van der Waals surface area contributed by atoms with Crippen molar-refractivity contribution in [2.45, 2.75) is 32.9 Å². The van der Waals surface area contributed by atoms with Crippen molar-refractivity contribution < 1.29 is 0 Å². The molecule has 0 unspecified atom stereocenters. The molecule has 0 aromatic carbocycles. The molecule has 0 aliphatic rings. The van der Waals surface area contributed by atoms with Gasteiger partial charge < -0.3 is 14.8 Å². The molecule has 0 saturated carbocycles. The number of imidazole rings is 1. The van der Waals surface area contributed by atoms with E-state index in [0.29, 0.717) is 5.92 Å². The number of nitrogens with zero attached hydrogens (tertiary/aromatic N) is 6. The summed E-state index contributed by atoms with van der Waals surface area (Å²) in [4.78, 5) is 10.5. The van der Waals surface area contributed by atoms with E-state index in [-0.39, 0.29) is 0 Å². The van der Waals surface area contributed by atoms with Crippen molar-refractivity contribution in [3.63, 3.8) is 0 Å². The molecular formula is C16H27N7. The summed E-state index contributed by atoms with van der Waals surface area (Å²) in [5.41, 5.74) is 2.38. The zero-order chi connectivity index (χ0) is 16.8. The van der Waals surface area contributed by atoms with E-state index in [0.717, 1.165) is 31.3 Å². The predicted octanol–water partition coefficient (Wildman–Crippen LogP) is 1.45. The van der Waals surface area contributed by atoms with Gasteiger partial charge in [-0.25, -0.2) is 4.98 Å². The molecule has 2 aromatic heterocycles. The Morgan fingerprint density at radius 2 is 2.22 bits per heavy atom. The van der Waals surface area contributed by atoms with Gasteiger partial charge in [0.2, 0.25) is 0 Å². The molecule has 0 atom stereocenters.